The summed E-state index contributed by atoms with van der Waals surface area (Å²) < 4.78 is 10.5. The first-order valence-electron chi connectivity index (χ1n) is 12.9. The maximum atomic E-state index is 12.1. The van der Waals surface area contributed by atoms with Gasteiger partial charge in [-0.15, -0.1) is 6.58 Å². The lowest BCUT2D eigenvalue weighted by molar-refractivity contribution is -0.145. The van der Waals surface area contributed by atoms with Gasteiger partial charge in [-0.3, -0.25) is 9.59 Å². The molecule has 1 aromatic carbocycles. The van der Waals surface area contributed by atoms with Gasteiger partial charge in [0.15, 0.2) is 11.6 Å². The number of hydrogen-bond donors (Lipinski definition) is 0. The Morgan fingerprint density at radius 2 is 1.60 bits per heavy atom. The zero-order chi connectivity index (χ0) is 25.3. The number of esters is 2. The van der Waals surface area contributed by atoms with Crippen molar-refractivity contribution in [3.63, 3.8) is 0 Å². The lowest BCUT2D eigenvalue weighted by atomic mass is 10.0. The molecule has 2 aromatic rings. The van der Waals surface area contributed by atoms with Crippen LogP contribution < -0.4 is 4.74 Å². The maximum Gasteiger partial charge on any atom is 0.311 e. The third kappa shape index (κ3) is 12.3. The van der Waals surface area contributed by atoms with Crippen molar-refractivity contribution in [3.8, 4) is 17.1 Å². The second kappa shape index (κ2) is 16.6. The molecule has 1 unspecified atom stereocenters. The number of aromatic nitrogens is 2. The van der Waals surface area contributed by atoms with Crippen molar-refractivity contribution in [1.29, 1.82) is 0 Å². The zero-order valence-corrected chi connectivity index (χ0v) is 21.3. The van der Waals surface area contributed by atoms with E-state index >= 15 is 0 Å². The minimum Gasteiger partial charge on any atom is -0.463 e. The molecule has 0 aliphatic heterocycles. The predicted molar refractivity (Wildman–Crippen MR) is 139 cm³/mol. The highest BCUT2D eigenvalue weighted by molar-refractivity contribution is 5.72. The Hall–Kier alpha value is -3.02. The Kier molecular flexibility index (Phi) is 13.4. The fourth-order valence-electron chi connectivity index (χ4n) is 3.89. The largest absolute Gasteiger partial charge is 0.463 e. The third-order valence-corrected chi connectivity index (χ3v) is 5.80. The van der Waals surface area contributed by atoms with Crippen LogP contribution in [0.1, 0.15) is 90.0 Å². The van der Waals surface area contributed by atoms with Crippen molar-refractivity contribution in [2.75, 3.05) is 0 Å². The summed E-state index contributed by atoms with van der Waals surface area (Å²) in [6, 6.07) is 8.19. The molecular formula is C29H40N2O4. The van der Waals surface area contributed by atoms with E-state index in [9.17, 15) is 9.59 Å². The standard InChI is InChI=1S/C29H40N2O4/c1-4-5-6-7-8-9-10-11-16-28(33)35-27-21-30-29(31-22-27)26-19-17-25(18-20-26)15-13-12-14-23(2)34-24(3)32/h4,17-23H,1,5-16H2,2-3H3. The van der Waals surface area contributed by atoms with Crippen molar-refractivity contribution >= 4 is 11.9 Å². The summed E-state index contributed by atoms with van der Waals surface area (Å²) in [7, 11) is 0. The van der Waals surface area contributed by atoms with Crippen molar-refractivity contribution in [2.24, 2.45) is 0 Å². The fraction of sp³-hybridized carbons (Fsp3) is 0.517. The van der Waals surface area contributed by atoms with E-state index in [0.29, 0.717) is 18.0 Å². The molecular weight excluding hydrogens is 440 g/mol. The van der Waals surface area contributed by atoms with Gasteiger partial charge in [0, 0.05) is 18.9 Å². The van der Waals surface area contributed by atoms with Gasteiger partial charge >= 0.3 is 11.9 Å². The highest BCUT2D eigenvalue weighted by Crippen LogP contribution is 2.19. The highest BCUT2D eigenvalue weighted by atomic mass is 16.5. The van der Waals surface area contributed by atoms with Crippen molar-refractivity contribution in [2.45, 2.75) is 97.0 Å². The molecule has 0 fully saturated rings. The number of nitrogens with zero attached hydrogens (tertiary/aromatic N) is 2. The number of allylic oxidation sites excluding steroid dienone is 1. The van der Waals surface area contributed by atoms with Gasteiger partial charge < -0.3 is 9.47 Å². The van der Waals surface area contributed by atoms with E-state index < -0.39 is 0 Å². The molecule has 1 atom stereocenters. The molecule has 190 valence electrons. The molecule has 6 heteroatoms. The third-order valence-electron chi connectivity index (χ3n) is 5.80. The predicted octanol–water partition coefficient (Wildman–Crippen LogP) is 7.02. The Morgan fingerprint density at radius 3 is 2.26 bits per heavy atom. The summed E-state index contributed by atoms with van der Waals surface area (Å²) in [6.07, 6.45) is 17.1. The number of ether oxygens (including phenoxy) is 2. The number of carbonyl (C=O) groups is 2. The summed E-state index contributed by atoms with van der Waals surface area (Å²) in [5, 5.41) is 0. The number of rotatable bonds is 17. The topological polar surface area (TPSA) is 78.4 Å². The van der Waals surface area contributed by atoms with Crippen LogP contribution >= 0.6 is 0 Å². The van der Waals surface area contributed by atoms with Crippen LogP contribution in [-0.2, 0) is 20.7 Å². The molecule has 0 spiro atoms. The molecule has 0 N–H and O–H groups in total. The van der Waals surface area contributed by atoms with Crippen molar-refractivity contribution in [3.05, 3.63) is 54.9 Å². The Morgan fingerprint density at radius 1 is 0.943 bits per heavy atom. The normalized spacial score (nSPS) is 11.6. The van der Waals surface area contributed by atoms with Crippen molar-refractivity contribution in [1.82, 2.24) is 9.97 Å². The first-order chi connectivity index (χ1) is 17.0. The first kappa shape index (κ1) is 28.2. The average molecular weight is 481 g/mol. The lowest BCUT2D eigenvalue weighted by Crippen LogP contribution is -2.11. The molecule has 6 nitrogen and oxygen atoms in total. The first-order valence-corrected chi connectivity index (χ1v) is 12.9. The van der Waals surface area contributed by atoms with Gasteiger partial charge in [-0.25, -0.2) is 9.97 Å². The summed E-state index contributed by atoms with van der Waals surface area (Å²) in [5.74, 6) is 0.517. The van der Waals surface area contributed by atoms with Gasteiger partial charge in [-0.05, 0) is 57.4 Å². The smallest absolute Gasteiger partial charge is 0.311 e. The zero-order valence-electron chi connectivity index (χ0n) is 21.3. The molecule has 2 rings (SSSR count). The number of aryl methyl sites for hydroxylation is 1. The van der Waals surface area contributed by atoms with Gasteiger partial charge in [-0.1, -0.05) is 56.0 Å². The monoisotopic (exact) mass is 480 g/mol. The lowest BCUT2D eigenvalue weighted by Gasteiger charge is -2.11. The minimum atomic E-state index is -0.236. The van der Waals surface area contributed by atoms with Gasteiger partial charge in [0.05, 0.1) is 18.5 Å². The number of hydrogen-bond acceptors (Lipinski definition) is 6. The summed E-state index contributed by atoms with van der Waals surface area (Å²) in [6.45, 7) is 7.11. The second-order valence-electron chi connectivity index (χ2n) is 9.03. The SMILES string of the molecule is C=CCCCCCCCCC(=O)Oc1cnc(-c2ccc(CCCCC(C)OC(C)=O)cc2)nc1. The summed E-state index contributed by atoms with van der Waals surface area (Å²) >= 11 is 0. The molecule has 0 amide bonds. The fourth-order valence-corrected chi connectivity index (χ4v) is 3.89. The van der Waals surface area contributed by atoms with Crippen LogP contribution in [0.25, 0.3) is 11.4 Å². The molecule has 35 heavy (non-hydrogen) atoms. The molecule has 0 radical (unpaired) electrons. The van der Waals surface area contributed by atoms with Crippen LogP contribution in [0.4, 0.5) is 0 Å². The van der Waals surface area contributed by atoms with Gasteiger partial charge in [0.2, 0.25) is 0 Å². The molecule has 1 aromatic heterocycles. The molecule has 0 aliphatic rings. The quantitative estimate of drug-likeness (QED) is 0.137. The van der Waals surface area contributed by atoms with Crippen LogP contribution in [0.2, 0.25) is 0 Å². The molecule has 0 saturated carbocycles. The van der Waals surface area contributed by atoms with E-state index in [4.69, 9.17) is 9.47 Å². The minimum absolute atomic E-state index is 0.0308. The average Bonchev–Trinajstić information content (AvgIpc) is 2.84. The number of carbonyl (C=O) groups excluding carboxylic acids is 2. The maximum absolute atomic E-state index is 12.1. The van der Waals surface area contributed by atoms with Crippen molar-refractivity contribution < 1.29 is 19.1 Å². The van der Waals surface area contributed by atoms with E-state index in [1.165, 1.54) is 31.7 Å². The summed E-state index contributed by atoms with van der Waals surface area (Å²) in [5.41, 5.74) is 2.17. The van der Waals surface area contributed by atoms with E-state index in [1.807, 2.05) is 25.1 Å². The van der Waals surface area contributed by atoms with Crippen LogP contribution in [0.5, 0.6) is 5.75 Å². The van der Waals surface area contributed by atoms with Gasteiger partial charge in [0.25, 0.3) is 0 Å². The highest BCUT2D eigenvalue weighted by Gasteiger charge is 2.08. The second-order valence-corrected chi connectivity index (χ2v) is 9.03. The van der Waals surface area contributed by atoms with E-state index in [0.717, 1.165) is 56.9 Å². The Labute approximate surface area is 210 Å². The van der Waals surface area contributed by atoms with E-state index in [1.54, 1.807) is 12.4 Å². The van der Waals surface area contributed by atoms with Crippen LogP contribution in [0.3, 0.4) is 0 Å². The van der Waals surface area contributed by atoms with Crippen LogP contribution in [0.15, 0.2) is 49.3 Å². The van der Waals surface area contributed by atoms with Crippen LogP contribution in [0, 0.1) is 0 Å². The van der Waals surface area contributed by atoms with E-state index in [2.05, 4.69) is 28.7 Å². The van der Waals surface area contributed by atoms with Crippen LogP contribution in [-0.4, -0.2) is 28.0 Å². The number of unbranched alkanes of at least 4 members (excludes halogenated alkanes) is 7. The Bertz CT molecular complexity index is 894. The van der Waals surface area contributed by atoms with Gasteiger partial charge in [0.1, 0.15) is 0 Å². The molecule has 0 saturated heterocycles. The molecule has 0 aliphatic carbocycles. The Balaban J connectivity index is 1.67. The van der Waals surface area contributed by atoms with Gasteiger partial charge in [-0.2, -0.15) is 0 Å². The number of benzene rings is 1. The molecule has 1 heterocycles. The molecule has 0 bridgehead atoms. The summed E-state index contributed by atoms with van der Waals surface area (Å²) in [4.78, 5) is 31.7. The van der Waals surface area contributed by atoms with E-state index in [-0.39, 0.29) is 18.0 Å².